The number of hydrogen-bond donors (Lipinski definition) is 1. The lowest BCUT2D eigenvalue weighted by Gasteiger charge is -2.07. The summed E-state index contributed by atoms with van der Waals surface area (Å²) < 4.78 is 5.61. The maximum absolute atomic E-state index is 5.61. The molecule has 0 amide bonds. The van der Waals surface area contributed by atoms with E-state index in [0.29, 0.717) is 6.04 Å². The van der Waals surface area contributed by atoms with Gasteiger partial charge < -0.3 is 10.1 Å². The van der Waals surface area contributed by atoms with Crippen LogP contribution in [0.25, 0.3) is 0 Å². The Balaban J connectivity index is 0. The minimum absolute atomic E-state index is 0.634. The fourth-order valence-corrected chi connectivity index (χ4v) is 1.32. The predicted molar refractivity (Wildman–Crippen MR) is 96.3 cm³/mol. The number of rotatable bonds is 6. The maximum Gasteiger partial charge on any atom is 0.119 e. The molecule has 0 aromatic heterocycles. The molecule has 0 atom stereocenters. The minimum atomic E-state index is 0.634. The van der Waals surface area contributed by atoms with Crippen LogP contribution < -0.4 is 10.1 Å². The van der Waals surface area contributed by atoms with Crippen LogP contribution in [0.3, 0.4) is 0 Å². The lowest BCUT2D eigenvalue weighted by molar-refractivity contribution is 0.297. The zero-order valence-electron chi connectivity index (χ0n) is 15.5. The molecule has 0 aliphatic carbocycles. The van der Waals surface area contributed by atoms with Gasteiger partial charge in [-0.2, -0.15) is 0 Å². The molecule has 0 spiro atoms. The van der Waals surface area contributed by atoms with Gasteiger partial charge >= 0.3 is 0 Å². The molecule has 2 heteroatoms. The van der Waals surface area contributed by atoms with Crippen LogP contribution >= 0.6 is 0 Å². The zero-order valence-corrected chi connectivity index (χ0v) is 15.5. The average Bonchev–Trinajstić information content (AvgIpc) is 2.48. The Hall–Kier alpha value is -1.02. The van der Waals surface area contributed by atoms with E-state index in [2.05, 4.69) is 52.1 Å². The molecule has 124 valence electrons. The van der Waals surface area contributed by atoms with E-state index in [0.717, 1.165) is 24.7 Å². The predicted octanol–water partition coefficient (Wildman–Crippen LogP) is 5.45. The molecule has 0 fully saturated rings. The van der Waals surface area contributed by atoms with Crippen LogP contribution in [0, 0.1) is 12.8 Å². The van der Waals surface area contributed by atoms with E-state index in [4.69, 9.17) is 4.74 Å². The molecule has 21 heavy (non-hydrogen) atoms. The molecular weight excluding hydrogens is 258 g/mol. The summed E-state index contributed by atoms with van der Waals surface area (Å²) in [7, 11) is 1.95. The summed E-state index contributed by atoms with van der Waals surface area (Å²) in [6.07, 6.45) is 2.39. The highest BCUT2D eigenvalue weighted by atomic mass is 16.5. The molecule has 0 radical (unpaired) electrons. The quantitative estimate of drug-likeness (QED) is 0.705. The number of nitrogens with one attached hydrogen (secondary N) is 1. The van der Waals surface area contributed by atoms with Gasteiger partial charge in [0.1, 0.15) is 5.75 Å². The first-order chi connectivity index (χ1) is 9.95. The van der Waals surface area contributed by atoms with E-state index in [1.54, 1.807) is 0 Å². The Labute approximate surface area is 133 Å². The first-order valence-corrected chi connectivity index (χ1v) is 8.32. The second-order valence-electron chi connectivity index (χ2n) is 5.64. The van der Waals surface area contributed by atoms with Crippen molar-refractivity contribution in [1.29, 1.82) is 0 Å². The van der Waals surface area contributed by atoms with Crippen LogP contribution in [0.1, 0.15) is 59.9 Å². The molecule has 2 nitrogen and oxygen atoms in total. The SMILES string of the molecule is CC.CNC(C)C.Cc1ccc(OCCCC(C)C)cc1. The number of benzene rings is 1. The zero-order chi connectivity index (χ0) is 16.7. The van der Waals surface area contributed by atoms with Crippen LogP contribution in [0.15, 0.2) is 24.3 Å². The third-order valence-corrected chi connectivity index (χ3v) is 2.79. The van der Waals surface area contributed by atoms with E-state index in [-0.39, 0.29) is 0 Å². The molecule has 1 N–H and O–H groups in total. The highest BCUT2D eigenvalue weighted by Crippen LogP contribution is 2.12. The summed E-state index contributed by atoms with van der Waals surface area (Å²) in [5.74, 6) is 1.76. The molecule has 0 saturated carbocycles. The lowest BCUT2D eigenvalue weighted by atomic mass is 10.1. The molecule has 1 aromatic carbocycles. The van der Waals surface area contributed by atoms with Gasteiger partial charge in [0.2, 0.25) is 0 Å². The molecule has 0 saturated heterocycles. The van der Waals surface area contributed by atoms with Crippen molar-refractivity contribution in [3.63, 3.8) is 0 Å². The topological polar surface area (TPSA) is 21.3 Å². The first-order valence-electron chi connectivity index (χ1n) is 8.32. The summed E-state index contributed by atoms with van der Waals surface area (Å²) in [4.78, 5) is 0. The fraction of sp³-hybridized carbons (Fsp3) is 0.684. The van der Waals surface area contributed by atoms with Crippen LogP contribution in [0.4, 0.5) is 0 Å². The Morgan fingerprint density at radius 3 is 1.86 bits per heavy atom. The van der Waals surface area contributed by atoms with E-state index in [9.17, 15) is 0 Å². The van der Waals surface area contributed by atoms with E-state index in [1.165, 1.54) is 12.0 Å². The van der Waals surface area contributed by atoms with Gasteiger partial charge in [0.15, 0.2) is 0 Å². The monoisotopic (exact) mass is 295 g/mol. The molecule has 0 aliphatic rings. The van der Waals surface area contributed by atoms with Crippen molar-refractivity contribution in [1.82, 2.24) is 5.32 Å². The summed E-state index contributed by atoms with van der Waals surface area (Å²) >= 11 is 0. The normalized spacial score (nSPS) is 9.62. The van der Waals surface area contributed by atoms with Gasteiger partial charge in [0.25, 0.3) is 0 Å². The largest absolute Gasteiger partial charge is 0.494 e. The minimum Gasteiger partial charge on any atom is -0.494 e. The lowest BCUT2D eigenvalue weighted by Crippen LogP contribution is -2.15. The van der Waals surface area contributed by atoms with Gasteiger partial charge in [-0.1, -0.05) is 59.2 Å². The number of aryl methyl sites for hydroxylation is 1. The van der Waals surface area contributed by atoms with Crippen LogP contribution in [-0.2, 0) is 0 Å². The van der Waals surface area contributed by atoms with Gasteiger partial charge in [-0.3, -0.25) is 0 Å². The third kappa shape index (κ3) is 16.9. The fourth-order valence-electron chi connectivity index (χ4n) is 1.32. The smallest absolute Gasteiger partial charge is 0.119 e. The Bertz CT molecular complexity index is 304. The molecule has 1 rings (SSSR count). The van der Waals surface area contributed by atoms with Crippen molar-refractivity contribution in [2.45, 2.75) is 67.3 Å². The van der Waals surface area contributed by atoms with Crippen molar-refractivity contribution in [2.75, 3.05) is 13.7 Å². The van der Waals surface area contributed by atoms with Crippen LogP contribution in [0.2, 0.25) is 0 Å². The number of hydrogen-bond acceptors (Lipinski definition) is 2. The Morgan fingerprint density at radius 2 is 1.48 bits per heavy atom. The molecular formula is C19H37NO. The van der Waals surface area contributed by atoms with Crippen molar-refractivity contribution in [2.24, 2.45) is 5.92 Å². The average molecular weight is 296 g/mol. The van der Waals surface area contributed by atoms with Gasteiger partial charge in [0, 0.05) is 6.04 Å². The van der Waals surface area contributed by atoms with Crippen LogP contribution in [-0.4, -0.2) is 19.7 Å². The maximum atomic E-state index is 5.61. The standard InChI is InChI=1S/C13H20O.C4H11N.C2H6/c1-11(2)5-4-10-14-13-8-6-12(3)7-9-13;1-4(2)5-3;1-2/h6-9,11H,4-5,10H2,1-3H3;4-5H,1-3H3;1-2H3. The molecule has 1 aromatic rings. The highest BCUT2D eigenvalue weighted by molar-refractivity contribution is 5.26. The van der Waals surface area contributed by atoms with E-state index >= 15 is 0 Å². The summed E-state index contributed by atoms with van der Waals surface area (Å²) in [6.45, 7) is 15.6. The first kappa shape index (κ1) is 22.3. The van der Waals surface area contributed by atoms with E-state index in [1.807, 2.05) is 33.0 Å². The molecule has 0 unspecified atom stereocenters. The van der Waals surface area contributed by atoms with Gasteiger partial charge in [0.05, 0.1) is 6.61 Å². The summed E-state index contributed by atoms with van der Waals surface area (Å²) in [6, 6.07) is 8.86. The van der Waals surface area contributed by atoms with Gasteiger partial charge in [-0.25, -0.2) is 0 Å². The second-order valence-corrected chi connectivity index (χ2v) is 5.64. The summed E-state index contributed by atoms with van der Waals surface area (Å²) in [5.41, 5.74) is 1.28. The Kier molecular flexibility index (Phi) is 16.3. The van der Waals surface area contributed by atoms with Crippen LogP contribution in [0.5, 0.6) is 5.75 Å². The van der Waals surface area contributed by atoms with Crippen molar-refractivity contribution in [3.05, 3.63) is 29.8 Å². The molecule has 0 heterocycles. The highest BCUT2D eigenvalue weighted by Gasteiger charge is 1.95. The molecule has 0 aliphatic heterocycles. The third-order valence-electron chi connectivity index (χ3n) is 2.79. The van der Waals surface area contributed by atoms with Crippen molar-refractivity contribution in [3.8, 4) is 5.75 Å². The summed E-state index contributed by atoms with van der Waals surface area (Å²) in [5, 5.41) is 3.03. The van der Waals surface area contributed by atoms with E-state index < -0.39 is 0 Å². The number of ether oxygens (including phenoxy) is 1. The van der Waals surface area contributed by atoms with Crippen molar-refractivity contribution >= 4 is 0 Å². The van der Waals surface area contributed by atoms with Gasteiger partial charge in [-0.05, 0) is 44.9 Å². The van der Waals surface area contributed by atoms with Crippen molar-refractivity contribution < 1.29 is 4.74 Å². The molecule has 0 bridgehead atoms. The second kappa shape index (κ2) is 15.4. The van der Waals surface area contributed by atoms with Gasteiger partial charge in [-0.15, -0.1) is 0 Å². The Morgan fingerprint density at radius 1 is 1.00 bits per heavy atom.